The first-order chi connectivity index (χ1) is 16.5. The maximum atomic E-state index is 13.0. The van der Waals surface area contributed by atoms with Crippen LogP contribution in [0.25, 0.3) is 0 Å². The van der Waals surface area contributed by atoms with Crippen molar-refractivity contribution >= 4 is 40.5 Å². The van der Waals surface area contributed by atoms with Crippen molar-refractivity contribution < 1.29 is 14.4 Å². The van der Waals surface area contributed by atoms with Gasteiger partial charge in [-0.15, -0.1) is 0 Å². The lowest BCUT2D eigenvalue weighted by Gasteiger charge is -2.21. The Bertz CT molecular complexity index is 1130. The molecule has 7 nitrogen and oxygen atoms in total. The standard InChI is InChI=1S/C27H30N4O3/c1-3-10-25(32)29-23-14-9-12-21(18-23)28-19-26(33)30-22-13-8-11-20(17-22)27(34)31(4-2)24-15-6-5-7-16-24/h5-9,11-18,28H,3-4,10,19H2,1-2H3,(H,29,32)(H,30,33). The third kappa shape index (κ3) is 6.93. The Morgan fingerprint density at radius 2 is 1.38 bits per heavy atom. The molecule has 176 valence electrons. The highest BCUT2D eigenvalue weighted by atomic mass is 16.2. The SMILES string of the molecule is CCCC(=O)Nc1cccc(NCC(=O)Nc2cccc(C(=O)N(CC)c3ccccc3)c2)c1. The lowest BCUT2D eigenvalue weighted by atomic mass is 10.1. The largest absolute Gasteiger partial charge is 0.376 e. The number of anilines is 4. The van der Waals surface area contributed by atoms with Gasteiger partial charge in [0, 0.05) is 41.3 Å². The van der Waals surface area contributed by atoms with Crippen molar-refractivity contribution in [1.29, 1.82) is 0 Å². The van der Waals surface area contributed by atoms with E-state index in [1.807, 2.05) is 56.3 Å². The number of amides is 3. The van der Waals surface area contributed by atoms with E-state index >= 15 is 0 Å². The van der Waals surface area contributed by atoms with Crippen LogP contribution in [0.2, 0.25) is 0 Å². The first-order valence-electron chi connectivity index (χ1n) is 11.4. The van der Waals surface area contributed by atoms with Gasteiger partial charge in [-0.1, -0.05) is 37.3 Å². The van der Waals surface area contributed by atoms with Gasteiger partial charge in [0.1, 0.15) is 0 Å². The fourth-order valence-corrected chi connectivity index (χ4v) is 3.48. The minimum atomic E-state index is -0.250. The van der Waals surface area contributed by atoms with Gasteiger partial charge in [-0.25, -0.2) is 0 Å². The molecule has 0 aliphatic heterocycles. The summed E-state index contributed by atoms with van der Waals surface area (Å²) in [6.45, 7) is 4.44. The minimum Gasteiger partial charge on any atom is -0.376 e. The summed E-state index contributed by atoms with van der Waals surface area (Å²) in [7, 11) is 0. The third-order valence-electron chi connectivity index (χ3n) is 5.10. The molecule has 0 spiro atoms. The molecule has 0 fully saturated rings. The Kier molecular flexibility index (Phi) is 8.80. The second kappa shape index (κ2) is 12.2. The van der Waals surface area contributed by atoms with Gasteiger partial charge in [0.25, 0.3) is 5.91 Å². The molecule has 3 amide bonds. The van der Waals surface area contributed by atoms with Crippen molar-refractivity contribution in [1.82, 2.24) is 0 Å². The van der Waals surface area contributed by atoms with E-state index in [-0.39, 0.29) is 24.3 Å². The summed E-state index contributed by atoms with van der Waals surface area (Å²) in [5.74, 6) is -0.425. The van der Waals surface area contributed by atoms with Crippen LogP contribution in [-0.2, 0) is 9.59 Å². The van der Waals surface area contributed by atoms with Crippen molar-refractivity contribution in [3.05, 3.63) is 84.4 Å². The zero-order valence-electron chi connectivity index (χ0n) is 19.5. The molecule has 3 aromatic carbocycles. The second-order valence-corrected chi connectivity index (χ2v) is 7.75. The Labute approximate surface area is 200 Å². The van der Waals surface area contributed by atoms with E-state index in [0.717, 1.165) is 17.8 Å². The minimum absolute atomic E-state index is 0.0373. The van der Waals surface area contributed by atoms with Crippen molar-refractivity contribution in [2.75, 3.05) is 33.9 Å². The summed E-state index contributed by atoms with van der Waals surface area (Å²) in [4.78, 5) is 39.0. The van der Waals surface area contributed by atoms with Crippen LogP contribution in [0.15, 0.2) is 78.9 Å². The fourth-order valence-electron chi connectivity index (χ4n) is 3.48. The van der Waals surface area contributed by atoms with Crippen molar-refractivity contribution in [3.63, 3.8) is 0 Å². The van der Waals surface area contributed by atoms with E-state index in [9.17, 15) is 14.4 Å². The van der Waals surface area contributed by atoms with Crippen molar-refractivity contribution in [2.45, 2.75) is 26.7 Å². The summed E-state index contributed by atoms with van der Waals surface area (Å²) < 4.78 is 0. The lowest BCUT2D eigenvalue weighted by Crippen LogP contribution is -2.30. The average Bonchev–Trinajstić information content (AvgIpc) is 2.84. The van der Waals surface area contributed by atoms with E-state index in [4.69, 9.17) is 0 Å². The van der Waals surface area contributed by atoms with Crippen molar-refractivity contribution in [3.8, 4) is 0 Å². The molecule has 0 saturated carbocycles. The maximum Gasteiger partial charge on any atom is 0.258 e. The molecule has 0 aliphatic rings. The van der Waals surface area contributed by atoms with Gasteiger partial charge in [0.2, 0.25) is 11.8 Å². The van der Waals surface area contributed by atoms with Gasteiger partial charge in [-0.3, -0.25) is 14.4 Å². The maximum absolute atomic E-state index is 13.0. The molecule has 0 heterocycles. The lowest BCUT2D eigenvalue weighted by molar-refractivity contribution is -0.116. The van der Waals surface area contributed by atoms with E-state index < -0.39 is 0 Å². The summed E-state index contributed by atoms with van der Waals surface area (Å²) >= 11 is 0. The van der Waals surface area contributed by atoms with Gasteiger partial charge in [-0.05, 0) is 61.9 Å². The topological polar surface area (TPSA) is 90.5 Å². The van der Waals surface area contributed by atoms with Crippen LogP contribution in [0.5, 0.6) is 0 Å². The molecular weight excluding hydrogens is 428 g/mol. The summed E-state index contributed by atoms with van der Waals surface area (Å²) in [6.07, 6.45) is 1.24. The number of carbonyl (C=O) groups excluding carboxylic acids is 3. The Morgan fingerprint density at radius 1 is 0.735 bits per heavy atom. The average molecular weight is 459 g/mol. The number of hydrogen-bond acceptors (Lipinski definition) is 4. The van der Waals surface area contributed by atoms with Gasteiger partial charge >= 0.3 is 0 Å². The summed E-state index contributed by atoms with van der Waals surface area (Å²) in [5, 5.41) is 8.72. The van der Waals surface area contributed by atoms with Crippen LogP contribution in [0.4, 0.5) is 22.7 Å². The zero-order valence-corrected chi connectivity index (χ0v) is 19.5. The predicted molar refractivity (Wildman–Crippen MR) is 137 cm³/mol. The third-order valence-corrected chi connectivity index (χ3v) is 5.10. The van der Waals surface area contributed by atoms with E-state index in [1.54, 1.807) is 41.3 Å². The molecule has 3 N–H and O–H groups in total. The van der Waals surface area contributed by atoms with Crippen LogP contribution in [0.3, 0.4) is 0 Å². The molecule has 0 aromatic heterocycles. The van der Waals surface area contributed by atoms with Crippen LogP contribution in [-0.4, -0.2) is 30.8 Å². The summed E-state index contributed by atoms with van der Waals surface area (Å²) in [5.41, 5.74) is 3.25. The van der Waals surface area contributed by atoms with E-state index in [1.165, 1.54) is 0 Å². The van der Waals surface area contributed by atoms with Crippen LogP contribution in [0.1, 0.15) is 37.0 Å². The molecule has 3 rings (SSSR count). The Hall–Kier alpha value is -4.13. The fraction of sp³-hybridized carbons (Fsp3) is 0.222. The first kappa shape index (κ1) is 24.5. The highest BCUT2D eigenvalue weighted by Gasteiger charge is 2.16. The van der Waals surface area contributed by atoms with Crippen LogP contribution < -0.4 is 20.9 Å². The van der Waals surface area contributed by atoms with Crippen LogP contribution in [0, 0.1) is 0 Å². The molecule has 7 heteroatoms. The normalized spacial score (nSPS) is 10.3. The highest BCUT2D eigenvalue weighted by molar-refractivity contribution is 6.07. The second-order valence-electron chi connectivity index (χ2n) is 7.75. The van der Waals surface area contributed by atoms with Crippen molar-refractivity contribution in [2.24, 2.45) is 0 Å². The molecule has 0 bridgehead atoms. The monoisotopic (exact) mass is 458 g/mol. The summed E-state index contributed by atoms with van der Waals surface area (Å²) in [6, 6.07) is 23.6. The van der Waals surface area contributed by atoms with Gasteiger partial charge < -0.3 is 20.9 Å². The van der Waals surface area contributed by atoms with Crippen LogP contribution >= 0.6 is 0 Å². The van der Waals surface area contributed by atoms with Gasteiger partial charge in [-0.2, -0.15) is 0 Å². The molecule has 0 radical (unpaired) electrons. The number of para-hydroxylation sites is 1. The number of nitrogens with one attached hydrogen (secondary N) is 3. The molecule has 3 aromatic rings. The Morgan fingerprint density at radius 3 is 2.09 bits per heavy atom. The number of benzene rings is 3. The number of hydrogen-bond donors (Lipinski definition) is 3. The zero-order chi connectivity index (χ0) is 24.3. The smallest absolute Gasteiger partial charge is 0.258 e. The van der Waals surface area contributed by atoms with E-state index in [2.05, 4.69) is 16.0 Å². The first-order valence-corrected chi connectivity index (χ1v) is 11.4. The molecular formula is C27H30N4O3. The van der Waals surface area contributed by atoms with E-state index in [0.29, 0.717) is 29.9 Å². The quantitative estimate of drug-likeness (QED) is 0.392. The molecule has 0 unspecified atom stereocenters. The van der Waals surface area contributed by atoms with Gasteiger partial charge in [0.05, 0.1) is 6.54 Å². The number of rotatable bonds is 10. The molecule has 0 atom stereocenters. The molecule has 0 aliphatic carbocycles. The number of nitrogens with zero attached hydrogens (tertiary/aromatic N) is 1. The Balaban J connectivity index is 1.59. The van der Waals surface area contributed by atoms with Gasteiger partial charge in [0.15, 0.2) is 0 Å². The number of carbonyl (C=O) groups is 3. The molecule has 34 heavy (non-hydrogen) atoms. The highest BCUT2D eigenvalue weighted by Crippen LogP contribution is 2.19. The molecule has 0 saturated heterocycles. The predicted octanol–water partition coefficient (Wildman–Crippen LogP) is 5.14.